The molecule has 0 radical (unpaired) electrons. The van der Waals surface area contributed by atoms with E-state index < -0.39 is 23.6 Å². The van der Waals surface area contributed by atoms with E-state index in [2.05, 4.69) is 0 Å². The summed E-state index contributed by atoms with van der Waals surface area (Å²) in [6.45, 7) is 0. The number of rotatable bonds is 2. The van der Waals surface area contributed by atoms with Gasteiger partial charge in [0, 0.05) is 12.0 Å². The van der Waals surface area contributed by atoms with Gasteiger partial charge in [-0.15, -0.1) is 0 Å². The Bertz CT molecular complexity index is 678. The number of fused-ring (bicyclic) bond motifs is 1. The van der Waals surface area contributed by atoms with Gasteiger partial charge in [0.15, 0.2) is 0 Å². The van der Waals surface area contributed by atoms with E-state index in [1.165, 1.54) is 11.6 Å². The van der Waals surface area contributed by atoms with E-state index >= 15 is 0 Å². The summed E-state index contributed by atoms with van der Waals surface area (Å²) in [5.74, 6) is -1.25. The summed E-state index contributed by atoms with van der Waals surface area (Å²) in [5, 5.41) is 0. The maximum absolute atomic E-state index is 13.6. The standard InChI is InChI=1S/C16H13F4N/c17-14-8-10(5-6-13(14)16(18,19)20)15(21)12-7-9-3-1-2-4-11(9)12/h1-6,8,12,15H,7,21H2. The molecule has 2 unspecified atom stereocenters. The van der Waals surface area contributed by atoms with Crippen LogP contribution in [0.5, 0.6) is 0 Å². The van der Waals surface area contributed by atoms with Gasteiger partial charge in [0.25, 0.3) is 0 Å². The first-order valence-corrected chi connectivity index (χ1v) is 6.58. The zero-order valence-electron chi connectivity index (χ0n) is 11.0. The maximum Gasteiger partial charge on any atom is 0.419 e. The van der Waals surface area contributed by atoms with Crippen molar-refractivity contribution < 1.29 is 17.6 Å². The minimum Gasteiger partial charge on any atom is -0.323 e. The predicted octanol–water partition coefficient (Wildman–Crippen LogP) is 4.18. The van der Waals surface area contributed by atoms with Gasteiger partial charge in [-0.3, -0.25) is 0 Å². The van der Waals surface area contributed by atoms with Crippen molar-refractivity contribution in [1.82, 2.24) is 0 Å². The number of benzene rings is 2. The second kappa shape index (κ2) is 4.84. The van der Waals surface area contributed by atoms with E-state index in [-0.39, 0.29) is 5.92 Å². The van der Waals surface area contributed by atoms with Gasteiger partial charge in [0.1, 0.15) is 5.82 Å². The summed E-state index contributed by atoms with van der Waals surface area (Å²) in [7, 11) is 0. The average Bonchev–Trinajstić information content (AvgIpc) is 2.38. The average molecular weight is 295 g/mol. The summed E-state index contributed by atoms with van der Waals surface area (Å²) >= 11 is 0. The van der Waals surface area contributed by atoms with Crippen LogP contribution in [-0.2, 0) is 12.6 Å². The molecule has 110 valence electrons. The van der Waals surface area contributed by atoms with Crippen molar-refractivity contribution >= 4 is 0 Å². The van der Waals surface area contributed by atoms with Crippen molar-refractivity contribution in [3.8, 4) is 0 Å². The van der Waals surface area contributed by atoms with Gasteiger partial charge in [0.2, 0.25) is 0 Å². The van der Waals surface area contributed by atoms with Gasteiger partial charge in [-0.05, 0) is 35.2 Å². The molecule has 0 saturated heterocycles. The molecule has 5 heteroatoms. The van der Waals surface area contributed by atoms with Crippen molar-refractivity contribution in [3.63, 3.8) is 0 Å². The fraction of sp³-hybridized carbons (Fsp3) is 0.250. The van der Waals surface area contributed by atoms with Crippen LogP contribution in [0.4, 0.5) is 17.6 Å². The van der Waals surface area contributed by atoms with E-state index in [1.807, 2.05) is 24.3 Å². The van der Waals surface area contributed by atoms with Crippen LogP contribution in [0.3, 0.4) is 0 Å². The third kappa shape index (κ3) is 2.42. The molecule has 21 heavy (non-hydrogen) atoms. The molecule has 0 aromatic heterocycles. The van der Waals surface area contributed by atoms with Gasteiger partial charge in [-0.25, -0.2) is 4.39 Å². The molecule has 0 heterocycles. The third-order valence-corrected chi connectivity index (χ3v) is 4.01. The molecule has 2 aromatic rings. The highest BCUT2D eigenvalue weighted by atomic mass is 19.4. The van der Waals surface area contributed by atoms with Crippen molar-refractivity contribution in [1.29, 1.82) is 0 Å². The number of alkyl halides is 3. The highest BCUT2D eigenvalue weighted by molar-refractivity contribution is 5.43. The minimum absolute atomic E-state index is 0.0253. The van der Waals surface area contributed by atoms with Crippen LogP contribution in [0.15, 0.2) is 42.5 Å². The summed E-state index contributed by atoms with van der Waals surface area (Å²) in [5.41, 5.74) is 7.50. The molecule has 1 nitrogen and oxygen atoms in total. The van der Waals surface area contributed by atoms with Crippen molar-refractivity contribution in [2.24, 2.45) is 5.73 Å². The lowest BCUT2D eigenvalue weighted by molar-refractivity contribution is -0.140. The molecular formula is C16H13F4N. The quantitative estimate of drug-likeness (QED) is 0.826. The van der Waals surface area contributed by atoms with Crippen LogP contribution in [0.2, 0.25) is 0 Å². The summed E-state index contributed by atoms with van der Waals surface area (Å²) in [6.07, 6.45) is -3.92. The van der Waals surface area contributed by atoms with Gasteiger partial charge >= 0.3 is 6.18 Å². The molecule has 1 aliphatic rings. The molecule has 2 aromatic carbocycles. The summed E-state index contributed by atoms with van der Waals surface area (Å²) in [6, 6.07) is 10.2. The maximum atomic E-state index is 13.6. The van der Waals surface area contributed by atoms with E-state index in [1.54, 1.807) is 0 Å². The molecule has 0 amide bonds. The van der Waals surface area contributed by atoms with Gasteiger partial charge in [-0.1, -0.05) is 30.3 Å². The first kappa shape index (κ1) is 14.1. The van der Waals surface area contributed by atoms with Crippen molar-refractivity contribution in [2.75, 3.05) is 0 Å². The largest absolute Gasteiger partial charge is 0.419 e. The zero-order valence-corrected chi connectivity index (χ0v) is 11.0. The topological polar surface area (TPSA) is 26.0 Å². The van der Waals surface area contributed by atoms with Crippen LogP contribution in [-0.4, -0.2) is 0 Å². The van der Waals surface area contributed by atoms with E-state index in [9.17, 15) is 17.6 Å². The van der Waals surface area contributed by atoms with E-state index in [0.717, 1.165) is 24.1 Å². The Kier molecular flexibility index (Phi) is 3.24. The van der Waals surface area contributed by atoms with Gasteiger partial charge in [-0.2, -0.15) is 13.2 Å². The smallest absolute Gasteiger partial charge is 0.323 e. The minimum atomic E-state index is -4.68. The van der Waals surface area contributed by atoms with Gasteiger partial charge < -0.3 is 5.73 Å². The Labute approximate surface area is 119 Å². The number of hydrogen-bond acceptors (Lipinski definition) is 1. The Morgan fingerprint density at radius 2 is 1.81 bits per heavy atom. The normalized spacial score (nSPS) is 18.8. The molecule has 2 N–H and O–H groups in total. The summed E-state index contributed by atoms with van der Waals surface area (Å²) < 4.78 is 51.2. The molecule has 0 spiro atoms. The molecule has 0 bridgehead atoms. The van der Waals surface area contributed by atoms with E-state index in [4.69, 9.17) is 5.73 Å². The molecular weight excluding hydrogens is 282 g/mol. The fourth-order valence-electron chi connectivity index (χ4n) is 2.82. The zero-order chi connectivity index (χ0) is 15.2. The second-order valence-corrected chi connectivity index (χ2v) is 5.27. The Balaban J connectivity index is 1.87. The van der Waals surface area contributed by atoms with Crippen LogP contribution >= 0.6 is 0 Å². The van der Waals surface area contributed by atoms with E-state index in [0.29, 0.717) is 5.56 Å². The lowest BCUT2D eigenvalue weighted by Crippen LogP contribution is -2.29. The van der Waals surface area contributed by atoms with Crippen LogP contribution in [0, 0.1) is 5.82 Å². The fourth-order valence-corrected chi connectivity index (χ4v) is 2.82. The molecule has 3 rings (SSSR count). The predicted molar refractivity (Wildman–Crippen MR) is 71.2 cm³/mol. The number of nitrogens with two attached hydrogens (primary N) is 1. The molecule has 0 fully saturated rings. The first-order chi connectivity index (χ1) is 9.88. The molecule has 2 atom stereocenters. The molecule has 1 aliphatic carbocycles. The lowest BCUT2D eigenvalue weighted by Gasteiger charge is -2.35. The Morgan fingerprint density at radius 1 is 1.10 bits per heavy atom. The monoisotopic (exact) mass is 295 g/mol. The second-order valence-electron chi connectivity index (χ2n) is 5.27. The van der Waals surface area contributed by atoms with Crippen LogP contribution in [0.25, 0.3) is 0 Å². The highest BCUT2D eigenvalue weighted by Gasteiger charge is 2.36. The SMILES string of the molecule is NC(c1ccc(C(F)(F)F)c(F)c1)C1Cc2ccccc21. The van der Waals surface area contributed by atoms with Crippen molar-refractivity contribution in [2.45, 2.75) is 24.6 Å². The van der Waals surface area contributed by atoms with Gasteiger partial charge in [0.05, 0.1) is 5.56 Å². The van der Waals surface area contributed by atoms with Crippen LogP contribution < -0.4 is 5.73 Å². The summed E-state index contributed by atoms with van der Waals surface area (Å²) in [4.78, 5) is 0. The third-order valence-electron chi connectivity index (χ3n) is 4.01. The highest BCUT2D eigenvalue weighted by Crippen LogP contribution is 2.43. The lowest BCUT2D eigenvalue weighted by atomic mass is 9.72. The number of hydrogen-bond donors (Lipinski definition) is 1. The van der Waals surface area contributed by atoms with Crippen molar-refractivity contribution in [3.05, 3.63) is 70.5 Å². The Morgan fingerprint density at radius 3 is 2.43 bits per heavy atom. The Hall–Kier alpha value is -1.88. The number of halogens is 4. The molecule has 0 saturated carbocycles. The first-order valence-electron chi connectivity index (χ1n) is 6.58. The molecule has 0 aliphatic heterocycles. The van der Waals surface area contributed by atoms with Crippen LogP contribution in [0.1, 0.15) is 34.2 Å².